The highest BCUT2D eigenvalue weighted by molar-refractivity contribution is 5.87. The zero-order valence-corrected chi connectivity index (χ0v) is 10.6. The van der Waals surface area contributed by atoms with Crippen LogP contribution in [0.1, 0.15) is 24.3 Å². The number of anilines is 1. The maximum Gasteiger partial charge on any atom is 0.358 e. The molecule has 0 unspecified atom stereocenters. The Labute approximate surface area is 105 Å². The molecule has 0 aliphatic heterocycles. The lowest BCUT2D eigenvalue weighted by atomic mass is 9.93. The molecule has 98 valence electrons. The number of ether oxygens (including phenoxy) is 1. The minimum atomic E-state index is -0.719. The van der Waals surface area contributed by atoms with Crippen LogP contribution in [0.2, 0.25) is 0 Å². The summed E-state index contributed by atoms with van der Waals surface area (Å²) in [6.45, 7) is 3.71. The first-order valence-corrected chi connectivity index (χ1v) is 5.31. The molecular weight excluding hydrogens is 236 g/mol. The van der Waals surface area contributed by atoms with Crippen LogP contribution in [-0.4, -0.2) is 35.5 Å². The van der Waals surface area contributed by atoms with Crippen molar-refractivity contribution in [3.63, 3.8) is 0 Å². The Morgan fingerprint density at radius 2 is 2.11 bits per heavy atom. The SMILES string of the molecule is COC(=O)c1cncc(NCC(C)(C)C(N)=O)n1. The average Bonchev–Trinajstić information content (AvgIpc) is 2.35. The molecule has 3 N–H and O–H groups in total. The first-order chi connectivity index (χ1) is 8.36. The van der Waals surface area contributed by atoms with Crippen molar-refractivity contribution >= 4 is 17.7 Å². The third-order valence-corrected chi connectivity index (χ3v) is 2.41. The second kappa shape index (κ2) is 5.44. The van der Waals surface area contributed by atoms with Gasteiger partial charge in [0.05, 0.1) is 24.9 Å². The van der Waals surface area contributed by atoms with Crippen LogP contribution in [0.4, 0.5) is 5.82 Å². The second-order valence-electron chi connectivity index (χ2n) is 4.38. The zero-order valence-electron chi connectivity index (χ0n) is 10.6. The van der Waals surface area contributed by atoms with Gasteiger partial charge in [-0.3, -0.25) is 9.78 Å². The molecule has 18 heavy (non-hydrogen) atoms. The highest BCUT2D eigenvalue weighted by atomic mass is 16.5. The first kappa shape index (κ1) is 13.9. The standard InChI is InChI=1S/C11H16N4O3/c1-11(2,10(12)17)6-14-8-5-13-4-7(15-8)9(16)18-3/h4-5H,6H2,1-3H3,(H2,12,17)(H,14,15). The molecule has 7 nitrogen and oxygen atoms in total. The summed E-state index contributed by atoms with van der Waals surface area (Å²) in [6.07, 6.45) is 2.75. The molecule has 0 aliphatic carbocycles. The number of hydrogen-bond acceptors (Lipinski definition) is 6. The number of amides is 1. The summed E-state index contributed by atoms with van der Waals surface area (Å²) < 4.78 is 4.53. The van der Waals surface area contributed by atoms with Gasteiger partial charge in [-0.2, -0.15) is 0 Å². The molecule has 0 aromatic carbocycles. The Morgan fingerprint density at radius 1 is 1.44 bits per heavy atom. The van der Waals surface area contributed by atoms with E-state index in [1.54, 1.807) is 13.8 Å². The fourth-order valence-electron chi connectivity index (χ4n) is 1.05. The molecular formula is C11H16N4O3. The van der Waals surface area contributed by atoms with Gasteiger partial charge in [-0.15, -0.1) is 0 Å². The number of carbonyl (C=O) groups excluding carboxylic acids is 2. The van der Waals surface area contributed by atoms with E-state index in [0.717, 1.165) is 0 Å². The lowest BCUT2D eigenvalue weighted by Gasteiger charge is -2.20. The van der Waals surface area contributed by atoms with Gasteiger partial charge in [-0.25, -0.2) is 9.78 Å². The van der Waals surface area contributed by atoms with Gasteiger partial charge in [0.15, 0.2) is 5.69 Å². The Hall–Kier alpha value is -2.18. The molecule has 0 atom stereocenters. The van der Waals surface area contributed by atoms with E-state index in [-0.39, 0.29) is 5.69 Å². The highest BCUT2D eigenvalue weighted by Gasteiger charge is 2.24. The van der Waals surface area contributed by atoms with Crippen LogP contribution >= 0.6 is 0 Å². The third-order valence-electron chi connectivity index (χ3n) is 2.41. The van der Waals surface area contributed by atoms with Crippen LogP contribution in [0.15, 0.2) is 12.4 Å². The fraction of sp³-hybridized carbons (Fsp3) is 0.455. The van der Waals surface area contributed by atoms with Crippen LogP contribution in [0.5, 0.6) is 0 Å². The number of methoxy groups -OCH3 is 1. The number of primary amides is 1. The number of aromatic nitrogens is 2. The van der Waals surface area contributed by atoms with E-state index in [1.807, 2.05) is 0 Å². The maximum absolute atomic E-state index is 11.2. The maximum atomic E-state index is 11.2. The molecule has 0 saturated heterocycles. The van der Waals surface area contributed by atoms with Gasteiger partial charge in [0, 0.05) is 6.54 Å². The molecule has 0 spiro atoms. The minimum absolute atomic E-state index is 0.0966. The van der Waals surface area contributed by atoms with E-state index < -0.39 is 17.3 Å². The Bertz CT molecular complexity index is 459. The Balaban J connectivity index is 2.74. The van der Waals surface area contributed by atoms with Crippen molar-refractivity contribution < 1.29 is 14.3 Å². The van der Waals surface area contributed by atoms with Crippen molar-refractivity contribution in [3.8, 4) is 0 Å². The molecule has 0 fully saturated rings. The fourth-order valence-corrected chi connectivity index (χ4v) is 1.05. The number of nitrogens with two attached hydrogens (primary N) is 1. The van der Waals surface area contributed by atoms with Crippen molar-refractivity contribution in [2.24, 2.45) is 11.1 Å². The number of nitrogens with zero attached hydrogens (tertiary/aromatic N) is 2. The van der Waals surface area contributed by atoms with E-state index >= 15 is 0 Å². The zero-order chi connectivity index (χ0) is 13.8. The highest BCUT2D eigenvalue weighted by Crippen LogP contribution is 2.15. The number of hydrogen-bond donors (Lipinski definition) is 2. The quantitative estimate of drug-likeness (QED) is 0.724. The van der Waals surface area contributed by atoms with E-state index in [2.05, 4.69) is 20.0 Å². The van der Waals surface area contributed by atoms with Gasteiger partial charge < -0.3 is 15.8 Å². The number of carbonyl (C=O) groups is 2. The van der Waals surface area contributed by atoms with E-state index in [4.69, 9.17) is 5.73 Å². The molecule has 1 heterocycles. The topological polar surface area (TPSA) is 107 Å². The van der Waals surface area contributed by atoms with Crippen LogP contribution in [0.25, 0.3) is 0 Å². The van der Waals surface area contributed by atoms with Gasteiger partial charge in [0.1, 0.15) is 5.82 Å². The van der Waals surface area contributed by atoms with Gasteiger partial charge in [0.2, 0.25) is 5.91 Å². The van der Waals surface area contributed by atoms with E-state index in [9.17, 15) is 9.59 Å². The first-order valence-electron chi connectivity index (χ1n) is 5.31. The Morgan fingerprint density at radius 3 is 2.67 bits per heavy atom. The summed E-state index contributed by atoms with van der Waals surface area (Å²) in [7, 11) is 1.26. The normalized spacial score (nSPS) is 10.8. The summed E-state index contributed by atoms with van der Waals surface area (Å²) in [4.78, 5) is 30.2. The van der Waals surface area contributed by atoms with Crippen molar-refractivity contribution in [1.82, 2.24) is 9.97 Å². The van der Waals surface area contributed by atoms with Crippen molar-refractivity contribution in [3.05, 3.63) is 18.1 Å². The summed E-state index contributed by atoms with van der Waals surface area (Å²) in [6, 6.07) is 0. The third kappa shape index (κ3) is 3.41. The molecule has 0 saturated carbocycles. The lowest BCUT2D eigenvalue weighted by molar-refractivity contribution is -0.125. The smallest absolute Gasteiger partial charge is 0.358 e. The molecule has 1 aromatic heterocycles. The van der Waals surface area contributed by atoms with Gasteiger partial charge >= 0.3 is 5.97 Å². The number of esters is 1. The van der Waals surface area contributed by atoms with Crippen molar-refractivity contribution in [1.29, 1.82) is 0 Å². The molecule has 1 amide bonds. The van der Waals surface area contributed by atoms with Crippen molar-refractivity contribution in [2.45, 2.75) is 13.8 Å². The van der Waals surface area contributed by atoms with Crippen LogP contribution in [0.3, 0.4) is 0 Å². The molecule has 1 rings (SSSR count). The summed E-state index contributed by atoms with van der Waals surface area (Å²) in [5.74, 6) is -0.611. The summed E-state index contributed by atoms with van der Waals surface area (Å²) >= 11 is 0. The van der Waals surface area contributed by atoms with Gasteiger partial charge in [-0.05, 0) is 13.8 Å². The Kier molecular flexibility index (Phi) is 4.19. The summed E-state index contributed by atoms with van der Waals surface area (Å²) in [5.41, 5.74) is 4.62. The monoisotopic (exact) mass is 252 g/mol. The van der Waals surface area contributed by atoms with E-state index in [1.165, 1.54) is 19.5 Å². The molecule has 1 aromatic rings. The predicted molar refractivity (Wildman–Crippen MR) is 64.8 cm³/mol. The van der Waals surface area contributed by atoms with E-state index in [0.29, 0.717) is 12.4 Å². The summed E-state index contributed by atoms with van der Waals surface area (Å²) in [5, 5.41) is 2.90. The van der Waals surface area contributed by atoms with Crippen LogP contribution in [0, 0.1) is 5.41 Å². The molecule has 7 heteroatoms. The second-order valence-corrected chi connectivity index (χ2v) is 4.38. The average molecular weight is 252 g/mol. The van der Waals surface area contributed by atoms with Crippen LogP contribution < -0.4 is 11.1 Å². The predicted octanol–water partition coefficient (Wildman–Crippen LogP) is 0.187. The molecule has 0 aliphatic rings. The van der Waals surface area contributed by atoms with Crippen LogP contribution in [-0.2, 0) is 9.53 Å². The largest absolute Gasteiger partial charge is 0.464 e. The van der Waals surface area contributed by atoms with Crippen molar-refractivity contribution in [2.75, 3.05) is 19.0 Å². The number of nitrogens with one attached hydrogen (secondary N) is 1. The molecule has 0 radical (unpaired) electrons. The minimum Gasteiger partial charge on any atom is -0.464 e. The lowest BCUT2D eigenvalue weighted by Crippen LogP contribution is -2.37. The van der Waals surface area contributed by atoms with Gasteiger partial charge in [0.25, 0.3) is 0 Å². The number of rotatable bonds is 5. The van der Waals surface area contributed by atoms with Gasteiger partial charge in [-0.1, -0.05) is 0 Å². The molecule has 0 bridgehead atoms.